The van der Waals surface area contributed by atoms with Crippen molar-refractivity contribution in [3.8, 4) is 0 Å². The normalized spacial score (nSPS) is 19.6. The monoisotopic (exact) mass is 298 g/mol. The number of rotatable bonds is 3. The molecule has 1 aromatic carbocycles. The zero-order valence-electron chi connectivity index (χ0n) is 14.0. The minimum Gasteiger partial charge on any atom is -0.399 e. The first-order valence-electron chi connectivity index (χ1n) is 7.69. The molecule has 2 heterocycles. The highest BCUT2D eigenvalue weighted by molar-refractivity contribution is 6.62. The third kappa shape index (κ3) is 2.83. The number of benzene rings is 1. The minimum atomic E-state index is -0.300. The summed E-state index contributed by atoms with van der Waals surface area (Å²) in [5.74, 6) is 0. The van der Waals surface area contributed by atoms with Crippen molar-refractivity contribution in [3.63, 3.8) is 0 Å². The summed E-state index contributed by atoms with van der Waals surface area (Å²) in [6, 6.07) is 8.45. The van der Waals surface area contributed by atoms with Crippen molar-refractivity contribution in [2.24, 2.45) is 7.05 Å². The second kappa shape index (κ2) is 5.25. The quantitative estimate of drug-likeness (QED) is 0.816. The first-order valence-corrected chi connectivity index (χ1v) is 7.69. The van der Waals surface area contributed by atoms with Crippen molar-refractivity contribution < 1.29 is 9.31 Å². The third-order valence-electron chi connectivity index (χ3n) is 4.67. The molecule has 0 radical (unpaired) electrons. The lowest BCUT2D eigenvalue weighted by Crippen LogP contribution is -2.41. The molecular weight excluding hydrogens is 275 g/mol. The highest BCUT2D eigenvalue weighted by Gasteiger charge is 2.51. The van der Waals surface area contributed by atoms with E-state index < -0.39 is 0 Å². The number of hydrogen-bond donors (Lipinski definition) is 0. The van der Waals surface area contributed by atoms with Gasteiger partial charge in [-0.1, -0.05) is 24.3 Å². The van der Waals surface area contributed by atoms with Gasteiger partial charge in [-0.2, -0.15) is 5.10 Å². The van der Waals surface area contributed by atoms with E-state index in [2.05, 4.69) is 57.1 Å². The van der Waals surface area contributed by atoms with E-state index >= 15 is 0 Å². The Bertz CT molecular complexity index is 646. The zero-order valence-corrected chi connectivity index (χ0v) is 14.0. The Labute approximate surface area is 132 Å². The predicted molar refractivity (Wildman–Crippen MR) is 88.2 cm³/mol. The number of aryl methyl sites for hydroxylation is 1. The smallest absolute Gasteiger partial charge is 0.399 e. The largest absolute Gasteiger partial charge is 0.494 e. The van der Waals surface area contributed by atoms with Gasteiger partial charge in [-0.05, 0) is 44.3 Å². The Morgan fingerprint density at radius 1 is 1.00 bits per heavy atom. The van der Waals surface area contributed by atoms with E-state index in [-0.39, 0.29) is 18.3 Å². The Morgan fingerprint density at radius 2 is 1.59 bits per heavy atom. The molecule has 1 aliphatic heterocycles. The molecule has 1 fully saturated rings. The second-order valence-electron chi connectivity index (χ2n) is 7.03. The molecule has 1 saturated heterocycles. The summed E-state index contributed by atoms with van der Waals surface area (Å²) in [4.78, 5) is 0. The van der Waals surface area contributed by atoms with Crippen LogP contribution in [0.2, 0.25) is 0 Å². The van der Waals surface area contributed by atoms with Gasteiger partial charge in [0.25, 0.3) is 0 Å². The van der Waals surface area contributed by atoms with Crippen LogP contribution >= 0.6 is 0 Å². The summed E-state index contributed by atoms with van der Waals surface area (Å²) in [5.41, 5.74) is 2.94. The summed E-state index contributed by atoms with van der Waals surface area (Å²) < 4.78 is 14.0. The van der Waals surface area contributed by atoms with Crippen LogP contribution in [-0.4, -0.2) is 28.1 Å². The van der Waals surface area contributed by atoms with E-state index in [9.17, 15) is 0 Å². The van der Waals surface area contributed by atoms with Crippen molar-refractivity contribution >= 4 is 12.6 Å². The van der Waals surface area contributed by atoms with E-state index in [0.29, 0.717) is 0 Å². The van der Waals surface area contributed by atoms with E-state index in [1.165, 1.54) is 11.1 Å². The summed E-state index contributed by atoms with van der Waals surface area (Å²) >= 11 is 0. The van der Waals surface area contributed by atoms with Crippen molar-refractivity contribution in [3.05, 3.63) is 47.8 Å². The van der Waals surface area contributed by atoms with Gasteiger partial charge in [-0.3, -0.25) is 4.68 Å². The SMILES string of the molecule is Cn1cc(Cc2ccc(B3OC(C)(C)C(C)(C)O3)cc2)cn1. The molecule has 0 saturated carbocycles. The lowest BCUT2D eigenvalue weighted by atomic mass is 9.78. The molecule has 1 aromatic heterocycles. The van der Waals surface area contributed by atoms with Crippen LogP contribution in [0.15, 0.2) is 36.7 Å². The van der Waals surface area contributed by atoms with Crippen LogP contribution in [0, 0.1) is 0 Å². The third-order valence-corrected chi connectivity index (χ3v) is 4.67. The molecule has 0 atom stereocenters. The van der Waals surface area contributed by atoms with Crippen LogP contribution in [0.5, 0.6) is 0 Å². The second-order valence-corrected chi connectivity index (χ2v) is 7.03. The van der Waals surface area contributed by atoms with Gasteiger partial charge >= 0.3 is 7.12 Å². The molecule has 0 aliphatic carbocycles. The molecule has 1 aliphatic rings. The van der Waals surface area contributed by atoms with E-state index in [1.807, 2.05) is 24.1 Å². The Balaban J connectivity index is 1.72. The first kappa shape index (κ1) is 15.3. The lowest BCUT2D eigenvalue weighted by molar-refractivity contribution is 0.00578. The van der Waals surface area contributed by atoms with Crippen LogP contribution in [0.3, 0.4) is 0 Å². The molecular formula is C17H23BN2O2. The van der Waals surface area contributed by atoms with Crippen LogP contribution in [0.4, 0.5) is 0 Å². The van der Waals surface area contributed by atoms with Gasteiger partial charge in [-0.15, -0.1) is 0 Å². The van der Waals surface area contributed by atoms with Crippen LogP contribution < -0.4 is 5.46 Å². The maximum absolute atomic E-state index is 6.08. The van der Waals surface area contributed by atoms with E-state index in [4.69, 9.17) is 9.31 Å². The van der Waals surface area contributed by atoms with Gasteiger partial charge in [0.15, 0.2) is 0 Å². The molecule has 3 rings (SSSR count). The highest BCUT2D eigenvalue weighted by atomic mass is 16.7. The van der Waals surface area contributed by atoms with E-state index in [1.54, 1.807) is 0 Å². The van der Waals surface area contributed by atoms with E-state index in [0.717, 1.165) is 11.9 Å². The standard InChI is InChI=1S/C17H23BN2O2/c1-16(2)17(3,4)22-18(21-16)15-8-6-13(7-9-15)10-14-11-19-20(5)12-14/h6-9,11-12H,10H2,1-5H3. The average molecular weight is 298 g/mol. The lowest BCUT2D eigenvalue weighted by Gasteiger charge is -2.32. The molecule has 22 heavy (non-hydrogen) atoms. The van der Waals surface area contributed by atoms with Crippen LogP contribution in [0.1, 0.15) is 38.8 Å². The van der Waals surface area contributed by atoms with Crippen LogP contribution in [0.25, 0.3) is 0 Å². The molecule has 5 heteroatoms. The van der Waals surface area contributed by atoms with Gasteiger partial charge in [0, 0.05) is 19.7 Å². The fraction of sp³-hybridized carbons (Fsp3) is 0.471. The van der Waals surface area contributed by atoms with Gasteiger partial charge in [0.1, 0.15) is 0 Å². The maximum atomic E-state index is 6.08. The van der Waals surface area contributed by atoms with Gasteiger partial charge in [0.05, 0.1) is 17.4 Å². The molecule has 4 nitrogen and oxygen atoms in total. The van der Waals surface area contributed by atoms with Crippen molar-refractivity contribution in [2.45, 2.75) is 45.3 Å². The number of hydrogen-bond acceptors (Lipinski definition) is 3. The highest BCUT2D eigenvalue weighted by Crippen LogP contribution is 2.36. The number of aromatic nitrogens is 2. The summed E-state index contributed by atoms with van der Waals surface area (Å²) in [6.07, 6.45) is 4.84. The van der Waals surface area contributed by atoms with Gasteiger partial charge < -0.3 is 9.31 Å². The van der Waals surface area contributed by atoms with Crippen molar-refractivity contribution in [1.29, 1.82) is 0 Å². The van der Waals surface area contributed by atoms with Crippen LogP contribution in [-0.2, 0) is 22.8 Å². The Kier molecular flexibility index (Phi) is 3.65. The summed E-state index contributed by atoms with van der Waals surface area (Å²) in [5, 5.41) is 4.20. The molecule has 0 spiro atoms. The molecule has 0 N–H and O–H groups in total. The van der Waals surface area contributed by atoms with Crippen molar-refractivity contribution in [2.75, 3.05) is 0 Å². The molecule has 0 amide bonds. The molecule has 0 bridgehead atoms. The fourth-order valence-electron chi connectivity index (χ4n) is 2.57. The molecule has 2 aromatic rings. The zero-order chi connectivity index (χ0) is 16.0. The predicted octanol–water partition coefficient (Wildman–Crippen LogP) is 2.31. The fourth-order valence-corrected chi connectivity index (χ4v) is 2.57. The summed E-state index contributed by atoms with van der Waals surface area (Å²) in [7, 11) is 1.64. The Morgan fingerprint density at radius 3 is 2.09 bits per heavy atom. The topological polar surface area (TPSA) is 36.3 Å². The molecule has 116 valence electrons. The summed E-state index contributed by atoms with van der Waals surface area (Å²) in [6.45, 7) is 8.29. The maximum Gasteiger partial charge on any atom is 0.494 e. The number of nitrogens with zero attached hydrogens (tertiary/aromatic N) is 2. The van der Waals surface area contributed by atoms with Gasteiger partial charge in [0.2, 0.25) is 0 Å². The molecule has 0 unspecified atom stereocenters. The minimum absolute atomic E-state index is 0.294. The Hall–Kier alpha value is -1.59. The van der Waals surface area contributed by atoms with Crippen molar-refractivity contribution in [1.82, 2.24) is 9.78 Å². The average Bonchev–Trinajstić information content (AvgIpc) is 2.92. The van der Waals surface area contributed by atoms with Gasteiger partial charge in [-0.25, -0.2) is 0 Å². The first-order chi connectivity index (χ1) is 10.3.